The summed E-state index contributed by atoms with van der Waals surface area (Å²) in [7, 11) is 0. The number of nitrogens with two attached hydrogens (primary N) is 2. The molecule has 0 aliphatic carbocycles. The third kappa shape index (κ3) is 11.5. The minimum atomic E-state index is -1.01. The number of carboxylic acids is 1. The van der Waals surface area contributed by atoms with Gasteiger partial charge < -0.3 is 30.8 Å². The molecule has 0 aliphatic heterocycles. The number of carboxylic acid groups (broad SMARTS) is 1. The Morgan fingerprint density at radius 1 is 0.791 bits per heavy atom. The van der Waals surface area contributed by atoms with Crippen LogP contribution in [0, 0.1) is 0 Å². The van der Waals surface area contributed by atoms with E-state index in [1.54, 1.807) is 36.4 Å². The van der Waals surface area contributed by atoms with Crippen molar-refractivity contribution in [3.8, 4) is 17.2 Å². The molecule has 9 nitrogen and oxygen atoms in total. The molecule has 3 aromatic carbocycles. The van der Waals surface area contributed by atoms with Gasteiger partial charge in [0.1, 0.15) is 17.2 Å². The summed E-state index contributed by atoms with van der Waals surface area (Å²) in [4.78, 5) is 35.4. The van der Waals surface area contributed by atoms with Crippen LogP contribution in [-0.4, -0.2) is 29.6 Å². The van der Waals surface area contributed by atoms with Crippen molar-refractivity contribution in [1.82, 2.24) is 0 Å². The highest BCUT2D eigenvalue weighted by Gasteiger charge is 2.14. The molecule has 0 radical (unpaired) electrons. The van der Waals surface area contributed by atoms with Crippen LogP contribution in [0.1, 0.15) is 79.8 Å². The number of nitrogen functional groups attached to an aromatic ring is 2. The lowest BCUT2D eigenvalue weighted by atomic mass is 9.98. The monoisotopic (exact) mass is 588 g/mol. The normalized spacial score (nSPS) is 10.9. The summed E-state index contributed by atoms with van der Waals surface area (Å²) in [6.45, 7) is 2.60. The number of aromatic carboxylic acids is 1. The first-order chi connectivity index (χ1) is 20.7. The van der Waals surface area contributed by atoms with Gasteiger partial charge in [-0.05, 0) is 91.4 Å². The van der Waals surface area contributed by atoms with Crippen LogP contribution in [0.15, 0.2) is 66.7 Å². The first-order valence-corrected chi connectivity index (χ1v) is 14.6. The minimum absolute atomic E-state index is 0.178. The van der Waals surface area contributed by atoms with Gasteiger partial charge in [-0.2, -0.15) is 0 Å². The number of esters is 2. The van der Waals surface area contributed by atoms with E-state index in [1.807, 2.05) is 31.2 Å². The number of ether oxygens (including phenoxy) is 3. The minimum Gasteiger partial charge on any atom is -0.494 e. The Hall–Kier alpha value is -4.79. The Labute approximate surface area is 252 Å². The topological polar surface area (TPSA) is 151 Å². The number of rotatable bonds is 17. The van der Waals surface area contributed by atoms with Gasteiger partial charge in [0, 0.05) is 23.9 Å². The molecule has 0 aliphatic rings. The van der Waals surface area contributed by atoms with E-state index in [4.69, 9.17) is 25.7 Å². The van der Waals surface area contributed by atoms with Gasteiger partial charge in [-0.15, -0.1) is 0 Å². The van der Waals surface area contributed by atoms with Gasteiger partial charge in [0.05, 0.1) is 12.2 Å². The summed E-state index contributed by atoms with van der Waals surface area (Å²) < 4.78 is 16.4. The van der Waals surface area contributed by atoms with Crippen molar-refractivity contribution in [3.05, 3.63) is 83.4 Å². The predicted octanol–water partition coefficient (Wildman–Crippen LogP) is 6.84. The van der Waals surface area contributed by atoms with Crippen LogP contribution in [-0.2, 0) is 16.0 Å². The zero-order valence-corrected chi connectivity index (χ0v) is 24.6. The summed E-state index contributed by atoms with van der Waals surface area (Å²) >= 11 is 0. The summed E-state index contributed by atoms with van der Waals surface area (Å²) in [5.74, 6) is -0.310. The van der Waals surface area contributed by atoms with E-state index in [2.05, 4.69) is 0 Å². The maximum absolute atomic E-state index is 12.2. The molecule has 0 heterocycles. The van der Waals surface area contributed by atoms with Crippen molar-refractivity contribution < 1.29 is 33.7 Å². The fourth-order valence-electron chi connectivity index (χ4n) is 4.38. The number of carbonyl (C=O) groups excluding carboxylic acids is 2. The maximum Gasteiger partial charge on any atom is 0.336 e. The summed E-state index contributed by atoms with van der Waals surface area (Å²) in [5.41, 5.74) is 14.1. The summed E-state index contributed by atoms with van der Waals surface area (Å²) in [6.07, 6.45) is 10.4. The van der Waals surface area contributed by atoms with E-state index < -0.39 is 11.9 Å². The van der Waals surface area contributed by atoms with Gasteiger partial charge in [-0.3, -0.25) is 4.79 Å². The van der Waals surface area contributed by atoms with Crippen molar-refractivity contribution in [1.29, 1.82) is 0 Å². The standard InChI is InChI=1S/C34H40N2O7/c1-2-3-10-32(37)42-27-16-18-28(19-17-27)43-33(38)20-13-24-11-14-26(15-12-24)41-21-8-6-4-5-7-9-29-30(34(39)40)22-25(35)23-31(29)36/h11-20,22-23H,2-10,21,35-36H2,1H3,(H,39,40)/b20-13+. The second-order valence-corrected chi connectivity index (χ2v) is 10.2. The number of unbranched alkanes of at least 4 members (excludes halogenated alkanes) is 5. The molecule has 0 amide bonds. The number of hydrogen-bond acceptors (Lipinski definition) is 8. The van der Waals surface area contributed by atoms with Gasteiger partial charge >= 0.3 is 17.9 Å². The highest BCUT2D eigenvalue weighted by atomic mass is 16.5. The molecule has 0 bridgehead atoms. The van der Waals surface area contributed by atoms with Gasteiger partial charge in [-0.1, -0.05) is 44.7 Å². The zero-order chi connectivity index (χ0) is 31.0. The molecule has 228 valence electrons. The van der Waals surface area contributed by atoms with Crippen molar-refractivity contribution in [2.24, 2.45) is 0 Å². The molecule has 0 saturated carbocycles. The molecule has 5 N–H and O–H groups in total. The number of hydrogen-bond donors (Lipinski definition) is 3. The molecule has 3 aromatic rings. The number of anilines is 2. The van der Waals surface area contributed by atoms with E-state index in [0.29, 0.717) is 47.9 Å². The lowest BCUT2D eigenvalue weighted by Gasteiger charge is -2.11. The van der Waals surface area contributed by atoms with Crippen LogP contribution in [0.25, 0.3) is 6.08 Å². The van der Waals surface area contributed by atoms with Gasteiger partial charge in [0.15, 0.2) is 0 Å². The van der Waals surface area contributed by atoms with E-state index in [-0.39, 0.29) is 11.5 Å². The number of benzene rings is 3. The molecule has 9 heteroatoms. The lowest BCUT2D eigenvalue weighted by Crippen LogP contribution is -2.07. The second-order valence-electron chi connectivity index (χ2n) is 10.2. The van der Waals surface area contributed by atoms with Crippen molar-refractivity contribution in [2.45, 2.75) is 64.7 Å². The SMILES string of the molecule is CCCCC(=O)Oc1ccc(OC(=O)/C=C/c2ccc(OCCCCCCCc3c(N)cc(N)cc3C(=O)O)cc2)cc1. The summed E-state index contributed by atoms with van der Waals surface area (Å²) in [5, 5.41) is 9.41. The second kappa shape index (κ2) is 17.2. The molecular formula is C34H40N2O7. The third-order valence-electron chi connectivity index (χ3n) is 6.68. The van der Waals surface area contributed by atoms with Crippen LogP contribution < -0.4 is 25.7 Å². The van der Waals surface area contributed by atoms with E-state index in [1.165, 1.54) is 12.1 Å². The van der Waals surface area contributed by atoms with Crippen LogP contribution in [0.4, 0.5) is 11.4 Å². The molecular weight excluding hydrogens is 548 g/mol. The fourth-order valence-corrected chi connectivity index (χ4v) is 4.38. The van der Waals surface area contributed by atoms with Crippen LogP contribution >= 0.6 is 0 Å². The Bertz CT molecular complexity index is 1380. The number of carbonyl (C=O) groups is 3. The Balaban J connectivity index is 1.31. The van der Waals surface area contributed by atoms with Crippen molar-refractivity contribution in [2.75, 3.05) is 18.1 Å². The first-order valence-electron chi connectivity index (χ1n) is 14.6. The Kier molecular flexibility index (Phi) is 13.1. The molecule has 0 aromatic heterocycles. The first kappa shape index (κ1) is 32.7. The molecule has 43 heavy (non-hydrogen) atoms. The smallest absolute Gasteiger partial charge is 0.336 e. The molecule has 0 atom stereocenters. The van der Waals surface area contributed by atoms with E-state index >= 15 is 0 Å². The zero-order valence-electron chi connectivity index (χ0n) is 24.6. The van der Waals surface area contributed by atoms with Crippen LogP contribution in [0.2, 0.25) is 0 Å². The van der Waals surface area contributed by atoms with Crippen LogP contribution in [0.3, 0.4) is 0 Å². The molecule has 0 spiro atoms. The summed E-state index contributed by atoms with van der Waals surface area (Å²) in [6, 6.07) is 16.8. The van der Waals surface area contributed by atoms with Gasteiger partial charge in [0.25, 0.3) is 0 Å². The highest BCUT2D eigenvalue weighted by molar-refractivity contribution is 5.92. The van der Waals surface area contributed by atoms with Gasteiger partial charge in [-0.25, -0.2) is 9.59 Å². The fraction of sp³-hybridized carbons (Fsp3) is 0.324. The Morgan fingerprint density at radius 2 is 1.42 bits per heavy atom. The molecule has 0 unspecified atom stereocenters. The van der Waals surface area contributed by atoms with Crippen LogP contribution in [0.5, 0.6) is 17.2 Å². The van der Waals surface area contributed by atoms with Gasteiger partial charge in [0.2, 0.25) is 0 Å². The Morgan fingerprint density at radius 3 is 2.09 bits per heavy atom. The van der Waals surface area contributed by atoms with Crippen molar-refractivity contribution in [3.63, 3.8) is 0 Å². The third-order valence-corrected chi connectivity index (χ3v) is 6.68. The quantitative estimate of drug-likeness (QED) is 0.0506. The lowest BCUT2D eigenvalue weighted by molar-refractivity contribution is -0.134. The molecule has 0 fully saturated rings. The molecule has 3 rings (SSSR count). The average molecular weight is 589 g/mol. The van der Waals surface area contributed by atoms with E-state index in [0.717, 1.165) is 56.3 Å². The van der Waals surface area contributed by atoms with Crippen molar-refractivity contribution >= 4 is 35.4 Å². The predicted molar refractivity (Wildman–Crippen MR) is 167 cm³/mol. The highest BCUT2D eigenvalue weighted by Crippen LogP contribution is 2.24. The maximum atomic E-state index is 12.2. The largest absolute Gasteiger partial charge is 0.494 e. The van der Waals surface area contributed by atoms with E-state index in [9.17, 15) is 19.5 Å². The molecule has 0 saturated heterocycles. The average Bonchev–Trinajstić information content (AvgIpc) is 2.98.